The van der Waals surface area contributed by atoms with Crippen molar-refractivity contribution in [2.45, 2.75) is 19.9 Å². The van der Waals surface area contributed by atoms with Gasteiger partial charge in [0.15, 0.2) is 0 Å². The number of anilines is 1. The molecule has 1 atom stereocenters. The van der Waals surface area contributed by atoms with Gasteiger partial charge in [0.25, 0.3) is 5.69 Å². The summed E-state index contributed by atoms with van der Waals surface area (Å²) in [4.78, 5) is 22.3. The molecule has 1 unspecified atom stereocenters. The van der Waals surface area contributed by atoms with Crippen molar-refractivity contribution in [1.82, 2.24) is 5.32 Å². The van der Waals surface area contributed by atoms with E-state index in [2.05, 4.69) is 10.6 Å². The van der Waals surface area contributed by atoms with Crippen LogP contribution >= 0.6 is 0 Å². The highest BCUT2D eigenvalue weighted by molar-refractivity contribution is 5.81. The van der Waals surface area contributed by atoms with Crippen molar-refractivity contribution in [3.05, 3.63) is 58.0 Å². The van der Waals surface area contributed by atoms with Crippen molar-refractivity contribution >= 4 is 17.3 Å². The van der Waals surface area contributed by atoms with Crippen molar-refractivity contribution in [2.24, 2.45) is 0 Å². The summed E-state index contributed by atoms with van der Waals surface area (Å²) in [5, 5.41) is 16.6. The van der Waals surface area contributed by atoms with E-state index in [1.165, 1.54) is 6.07 Å². The van der Waals surface area contributed by atoms with Gasteiger partial charge in [0.05, 0.1) is 23.8 Å². The summed E-state index contributed by atoms with van der Waals surface area (Å²) in [7, 11) is 0. The third kappa shape index (κ3) is 3.63. The van der Waals surface area contributed by atoms with Crippen LogP contribution in [0.4, 0.5) is 11.4 Å². The number of hydrogen-bond acceptors (Lipinski definition) is 5. The average molecular weight is 303 g/mol. The minimum atomic E-state index is -0.445. The molecule has 0 fully saturated rings. The van der Waals surface area contributed by atoms with Crippen LogP contribution in [0.5, 0.6) is 0 Å². The van der Waals surface area contributed by atoms with Gasteiger partial charge in [0.2, 0.25) is 5.91 Å². The molecule has 0 aliphatic carbocycles. The molecule has 0 saturated carbocycles. The van der Waals surface area contributed by atoms with Gasteiger partial charge in [-0.25, -0.2) is 0 Å². The molecule has 1 aromatic carbocycles. The van der Waals surface area contributed by atoms with Crippen LogP contribution in [0.25, 0.3) is 0 Å². The summed E-state index contributed by atoms with van der Waals surface area (Å²) in [5.74, 6) is 0.440. The predicted molar refractivity (Wildman–Crippen MR) is 81.6 cm³/mol. The topological polar surface area (TPSA) is 97.4 Å². The standard InChI is InChI=1S/C15H17N3O4/c1-10-12(5-3-6-13(10)18(20)21)16-9-15(19)17-11(2)14-7-4-8-22-14/h3-8,11,16H,9H2,1-2H3,(H,17,19). The second-order valence-corrected chi connectivity index (χ2v) is 4.86. The molecular weight excluding hydrogens is 286 g/mol. The number of nitro groups is 1. The third-order valence-electron chi connectivity index (χ3n) is 3.29. The number of furan rings is 1. The number of carbonyl (C=O) groups is 1. The van der Waals surface area contributed by atoms with Crippen LogP contribution in [-0.2, 0) is 4.79 Å². The van der Waals surface area contributed by atoms with Crippen LogP contribution in [0.3, 0.4) is 0 Å². The maximum Gasteiger partial charge on any atom is 0.274 e. The molecule has 0 saturated heterocycles. The van der Waals surface area contributed by atoms with E-state index in [1.54, 1.807) is 37.5 Å². The Hall–Kier alpha value is -2.83. The molecule has 7 heteroatoms. The number of hydrogen-bond donors (Lipinski definition) is 2. The van der Waals surface area contributed by atoms with Gasteiger partial charge in [-0.15, -0.1) is 0 Å². The summed E-state index contributed by atoms with van der Waals surface area (Å²) in [6.45, 7) is 3.48. The predicted octanol–water partition coefficient (Wildman–Crippen LogP) is 2.79. The van der Waals surface area contributed by atoms with Crippen LogP contribution in [0, 0.1) is 17.0 Å². The first-order chi connectivity index (χ1) is 10.5. The van der Waals surface area contributed by atoms with E-state index in [1.807, 2.05) is 6.92 Å². The minimum absolute atomic E-state index is 0.0209. The van der Waals surface area contributed by atoms with Crippen molar-refractivity contribution in [3.63, 3.8) is 0 Å². The number of benzene rings is 1. The van der Waals surface area contributed by atoms with Crippen molar-refractivity contribution in [1.29, 1.82) is 0 Å². The van der Waals surface area contributed by atoms with Gasteiger partial charge in [-0.1, -0.05) is 6.07 Å². The Kier molecular flexibility index (Phi) is 4.77. The molecule has 2 rings (SSSR count). The van der Waals surface area contributed by atoms with Gasteiger partial charge in [-0.3, -0.25) is 14.9 Å². The van der Waals surface area contributed by atoms with E-state index in [-0.39, 0.29) is 24.2 Å². The zero-order valence-corrected chi connectivity index (χ0v) is 12.3. The SMILES string of the molecule is Cc1c(NCC(=O)NC(C)c2ccco2)cccc1[N+](=O)[O-]. The zero-order chi connectivity index (χ0) is 16.1. The lowest BCUT2D eigenvalue weighted by atomic mass is 10.1. The van der Waals surface area contributed by atoms with E-state index in [0.717, 1.165) is 0 Å². The second kappa shape index (κ2) is 6.75. The molecule has 0 aliphatic rings. The third-order valence-corrected chi connectivity index (χ3v) is 3.29. The number of carbonyl (C=O) groups excluding carboxylic acids is 1. The quantitative estimate of drug-likeness (QED) is 0.631. The fourth-order valence-corrected chi connectivity index (χ4v) is 2.09. The number of rotatable bonds is 6. The first-order valence-corrected chi connectivity index (χ1v) is 6.79. The monoisotopic (exact) mass is 303 g/mol. The smallest absolute Gasteiger partial charge is 0.274 e. The molecule has 0 aliphatic heterocycles. The van der Waals surface area contributed by atoms with Crippen LogP contribution in [0.2, 0.25) is 0 Å². The van der Waals surface area contributed by atoms with Gasteiger partial charge in [-0.05, 0) is 32.0 Å². The summed E-state index contributed by atoms with van der Waals surface area (Å²) >= 11 is 0. The Labute approximate surface area is 127 Å². The van der Waals surface area contributed by atoms with Crippen molar-refractivity contribution < 1.29 is 14.1 Å². The fourth-order valence-electron chi connectivity index (χ4n) is 2.09. The Morgan fingerprint density at radius 1 is 1.36 bits per heavy atom. The molecule has 0 radical (unpaired) electrons. The Balaban J connectivity index is 1.94. The summed E-state index contributed by atoms with van der Waals surface area (Å²) in [6, 6.07) is 8.00. The molecule has 7 nitrogen and oxygen atoms in total. The summed E-state index contributed by atoms with van der Waals surface area (Å²) < 4.78 is 5.21. The minimum Gasteiger partial charge on any atom is -0.467 e. The van der Waals surface area contributed by atoms with Crippen LogP contribution < -0.4 is 10.6 Å². The van der Waals surface area contributed by atoms with E-state index in [0.29, 0.717) is 17.0 Å². The van der Waals surface area contributed by atoms with Crippen LogP contribution in [0.1, 0.15) is 24.3 Å². The number of nitro benzene ring substituents is 1. The first kappa shape index (κ1) is 15.6. The molecule has 1 aromatic heterocycles. The van der Waals surface area contributed by atoms with Gasteiger partial charge >= 0.3 is 0 Å². The van der Waals surface area contributed by atoms with E-state index in [4.69, 9.17) is 4.42 Å². The molecule has 0 spiro atoms. The van der Waals surface area contributed by atoms with Gasteiger partial charge < -0.3 is 15.1 Å². The largest absolute Gasteiger partial charge is 0.467 e. The first-order valence-electron chi connectivity index (χ1n) is 6.79. The summed E-state index contributed by atoms with van der Waals surface area (Å²) in [6.07, 6.45) is 1.54. The molecule has 1 heterocycles. The lowest BCUT2D eigenvalue weighted by molar-refractivity contribution is -0.385. The highest BCUT2D eigenvalue weighted by Crippen LogP contribution is 2.24. The maximum absolute atomic E-state index is 11.9. The summed E-state index contributed by atoms with van der Waals surface area (Å²) in [5.41, 5.74) is 1.09. The molecule has 116 valence electrons. The number of amides is 1. The Morgan fingerprint density at radius 3 is 2.77 bits per heavy atom. The lowest BCUT2D eigenvalue weighted by Crippen LogP contribution is -2.32. The normalized spacial score (nSPS) is 11.7. The molecule has 22 heavy (non-hydrogen) atoms. The van der Waals surface area contributed by atoms with E-state index in [9.17, 15) is 14.9 Å². The lowest BCUT2D eigenvalue weighted by Gasteiger charge is -2.13. The number of nitrogens with zero attached hydrogens (tertiary/aromatic N) is 1. The second-order valence-electron chi connectivity index (χ2n) is 4.86. The van der Waals surface area contributed by atoms with Crippen molar-refractivity contribution in [2.75, 3.05) is 11.9 Å². The molecule has 2 aromatic rings. The fraction of sp³-hybridized carbons (Fsp3) is 0.267. The van der Waals surface area contributed by atoms with E-state index >= 15 is 0 Å². The van der Waals surface area contributed by atoms with Gasteiger partial charge in [0.1, 0.15) is 5.76 Å². The molecule has 1 amide bonds. The Morgan fingerprint density at radius 2 is 2.14 bits per heavy atom. The zero-order valence-electron chi connectivity index (χ0n) is 12.3. The van der Waals surface area contributed by atoms with Crippen molar-refractivity contribution in [3.8, 4) is 0 Å². The van der Waals surface area contributed by atoms with Crippen LogP contribution in [0.15, 0.2) is 41.0 Å². The highest BCUT2D eigenvalue weighted by atomic mass is 16.6. The van der Waals surface area contributed by atoms with Gasteiger partial charge in [0, 0.05) is 17.3 Å². The van der Waals surface area contributed by atoms with Gasteiger partial charge in [-0.2, -0.15) is 0 Å². The molecule has 2 N–H and O–H groups in total. The average Bonchev–Trinajstić information content (AvgIpc) is 3.00. The van der Waals surface area contributed by atoms with E-state index < -0.39 is 4.92 Å². The molecular formula is C15H17N3O4. The maximum atomic E-state index is 11.9. The number of nitrogens with one attached hydrogen (secondary N) is 2. The highest BCUT2D eigenvalue weighted by Gasteiger charge is 2.15. The van der Waals surface area contributed by atoms with Crippen LogP contribution in [-0.4, -0.2) is 17.4 Å². The molecule has 0 bridgehead atoms. The Bertz CT molecular complexity index is 667.